The van der Waals surface area contributed by atoms with Gasteiger partial charge in [0.1, 0.15) is 6.10 Å². The second-order valence-electron chi connectivity index (χ2n) is 11.3. The first-order valence-corrected chi connectivity index (χ1v) is 13.1. The number of rotatable bonds is 8. The second kappa shape index (κ2) is 9.24. The highest BCUT2D eigenvalue weighted by Gasteiger charge is 2.39. The summed E-state index contributed by atoms with van der Waals surface area (Å²) >= 11 is 0. The first-order valence-electron chi connectivity index (χ1n) is 13.1. The van der Waals surface area contributed by atoms with Crippen LogP contribution in [0.3, 0.4) is 0 Å². The van der Waals surface area contributed by atoms with Crippen LogP contribution in [-0.4, -0.2) is 29.1 Å². The normalized spacial score (nSPS) is 23.7. The minimum atomic E-state index is -0.0649. The number of aryl methyl sites for hydroxylation is 1. The van der Waals surface area contributed by atoms with Crippen molar-refractivity contribution in [2.45, 2.75) is 103 Å². The Morgan fingerprint density at radius 3 is 2.53 bits per heavy atom. The van der Waals surface area contributed by atoms with Crippen LogP contribution in [-0.2, 0) is 21.5 Å². The Hall–Kier alpha value is -2.56. The minimum Gasteiger partial charge on any atom is -0.464 e. The SMILES string of the molecule is Cc1cc(-c2cc(C(=O)NC3CC(OC=O)C3)c(C)n2CC2CCCCC2)cc(C2(C)CC2)c1. The van der Waals surface area contributed by atoms with Crippen molar-refractivity contribution in [2.24, 2.45) is 5.92 Å². The van der Waals surface area contributed by atoms with Gasteiger partial charge in [0.25, 0.3) is 12.4 Å². The lowest BCUT2D eigenvalue weighted by Gasteiger charge is -2.34. The van der Waals surface area contributed by atoms with E-state index in [1.165, 1.54) is 61.6 Å². The zero-order valence-electron chi connectivity index (χ0n) is 20.9. The third kappa shape index (κ3) is 4.67. The predicted octanol–water partition coefficient (Wildman–Crippen LogP) is 5.84. The van der Waals surface area contributed by atoms with E-state index < -0.39 is 0 Å². The molecule has 3 saturated carbocycles. The molecule has 0 atom stereocenters. The molecule has 1 aromatic carbocycles. The number of nitrogens with one attached hydrogen (secondary N) is 1. The quantitative estimate of drug-likeness (QED) is 0.502. The lowest BCUT2D eigenvalue weighted by molar-refractivity contribution is -0.138. The standard InChI is InChI=1S/C29H38N2O3/c1-19-11-22(13-23(12-19)29(3)9-10-29)27-16-26(28(33)30-24-14-25(15-24)34-18-32)20(2)31(27)17-21-7-5-4-6-8-21/h11-13,16,18,21,24-25H,4-10,14-15,17H2,1-3H3,(H,30,33). The summed E-state index contributed by atoms with van der Waals surface area (Å²) in [6, 6.07) is 9.15. The zero-order valence-corrected chi connectivity index (χ0v) is 20.9. The molecule has 1 N–H and O–H groups in total. The maximum Gasteiger partial charge on any atom is 0.293 e. The van der Waals surface area contributed by atoms with Crippen molar-refractivity contribution < 1.29 is 14.3 Å². The molecule has 0 unspecified atom stereocenters. The van der Waals surface area contributed by atoms with Gasteiger partial charge >= 0.3 is 0 Å². The largest absolute Gasteiger partial charge is 0.464 e. The van der Waals surface area contributed by atoms with E-state index in [-0.39, 0.29) is 18.1 Å². The number of carbonyl (C=O) groups is 2. The van der Waals surface area contributed by atoms with Gasteiger partial charge in [0.15, 0.2) is 0 Å². The van der Waals surface area contributed by atoms with E-state index in [4.69, 9.17) is 4.74 Å². The van der Waals surface area contributed by atoms with Gasteiger partial charge in [0, 0.05) is 36.8 Å². The summed E-state index contributed by atoms with van der Waals surface area (Å²) in [6.07, 6.45) is 10.3. The number of benzene rings is 1. The molecule has 1 amide bonds. The molecule has 5 heteroatoms. The fraction of sp³-hybridized carbons (Fsp3) is 0.586. The molecule has 1 heterocycles. The Bertz CT molecular complexity index is 1070. The first kappa shape index (κ1) is 23.2. The van der Waals surface area contributed by atoms with Gasteiger partial charge < -0.3 is 14.6 Å². The number of amides is 1. The molecule has 0 bridgehead atoms. The van der Waals surface area contributed by atoms with Crippen molar-refractivity contribution in [3.05, 3.63) is 46.6 Å². The molecular weight excluding hydrogens is 424 g/mol. The molecule has 1 aromatic heterocycles. The van der Waals surface area contributed by atoms with Crippen molar-refractivity contribution in [1.82, 2.24) is 9.88 Å². The Kier molecular flexibility index (Phi) is 6.30. The van der Waals surface area contributed by atoms with Gasteiger partial charge in [-0.25, -0.2) is 0 Å². The summed E-state index contributed by atoms with van der Waals surface area (Å²) in [5.74, 6) is 0.658. The van der Waals surface area contributed by atoms with E-state index >= 15 is 0 Å². The Labute approximate surface area is 203 Å². The van der Waals surface area contributed by atoms with Crippen LogP contribution in [0.15, 0.2) is 24.3 Å². The fourth-order valence-corrected chi connectivity index (χ4v) is 5.87. The van der Waals surface area contributed by atoms with Gasteiger partial charge in [0.05, 0.1) is 5.56 Å². The first-order chi connectivity index (χ1) is 16.4. The van der Waals surface area contributed by atoms with Gasteiger partial charge in [-0.3, -0.25) is 9.59 Å². The molecule has 0 aliphatic heterocycles. The minimum absolute atomic E-state index is 0.0160. The number of ether oxygens (including phenoxy) is 1. The Morgan fingerprint density at radius 2 is 1.85 bits per heavy atom. The molecule has 3 aliphatic carbocycles. The summed E-state index contributed by atoms with van der Waals surface area (Å²) in [4.78, 5) is 23.8. The molecule has 182 valence electrons. The number of nitrogens with zero attached hydrogens (tertiary/aromatic N) is 1. The molecule has 0 spiro atoms. The topological polar surface area (TPSA) is 60.3 Å². The number of hydrogen-bond acceptors (Lipinski definition) is 3. The molecular formula is C29H38N2O3. The molecule has 2 aromatic rings. The third-order valence-corrected chi connectivity index (χ3v) is 8.52. The molecule has 3 fully saturated rings. The Morgan fingerprint density at radius 1 is 1.12 bits per heavy atom. The van der Waals surface area contributed by atoms with Crippen LogP contribution in [0.4, 0.5) is 0 Å². The van der Waals surface area contributed by atoms with Gasteiger partial charge in [-0.2, -0.15) is 0 Å². The van der Waals surface area contributed by atoms with Gasteiger partial charge in [-0.05, 0) is 80.2 Å². The van der Waals surface area contributed by atoms with E-state index in [0.717, 1.165) is 23.5 Å². The van der Waals surface area contributed by atoms with Crippen molar-refractivity contribution >= 4 is 12.4 Å². The molecule has 5 rings (SSSR count). The third-order valence-electron chi connectivity index (χ3n) is 8.52. The van der Waals surface area contributed by atoms with Gasteiger partial charge in [0.2, 0.25) is 0 Å². The van der Waals surface area contributed by atoms with Crippen molar-refractivity contribution in [2.75, 3.05) is 0 Å². The summed E-state index contributed by atoms with van der Waals surface area (Å²) in [7, 11) is 0. The highest BCUT2D eigenvalue weighted by molar-refractivity contribution is 5.97. The van der Waals surface area contributed by atoms with Crippen molar-refractivity contribution in [3.63, 3.8) is 0 Å². The van der Waals surface area contributed by atoms with E-state index in [1.807, 2.05) is 0 Å². The van der Waals surface area contributed by atoms with E-state index in [9.17, 15) is 9.59 Å². The molecule has 0 saturated heterocycles. The lowest BCUT2D eigenvalue weighted by Crippen LogP contribution is -2.47. The Balaban J connectivity index is 1.45. The number of aromatic nitrogens is 1. The molecule has 0 radical (unpaired) electrons. The van der Waals surface area contributed by atoms with Crippen LogP contribution in [0.1, 0.15) is 91.9 Å². The summed E-state index contributed by atoms with van der Waals surface area (Å²) in [6.45, 7) is 8.12. The van der Waals surface area contributed by atoms with Crippen LogP contribution >= 0.6 is 0 Å². The smallest absolute Gasteiger partial charge is 0.293 e. The predicted molar refractivity (Wildman–Crippen MR) is 134 cm³/mol. The molecule has 34 heavy (non-hydrogen) atoms. The number of hydrogen-bond donors (Lipinski definition) is 1. The maximum atomic E-state index is 13.3. The summed E-state index contributed by atoms with van der Waals surface area (Å²) < 4.78 is 7.42. The van der Waals surface area contributed by atoms with Crippen molar-refractivity contribution in [1.29, 1.82) is 0 Å². The number of carbonyl (C=O) groups excluding carboxylic acids is 2. The monoisotopic (exact) mass is 462 g/mol. The van der Waals surface area contributed by atoms with Gasteiger partial charge in [-0.1, -0.05) is 37.8 Å². The lowest BCUT2D eigenvalue weighted by atomic mass is 9.89. The van der Waals surface area contributed by atoms with Crippen LogP contribution in [0.2, 0.25) is 0 Å². The highest BCUT2D eigenvalue weighted by Crippen LogP contribution is 2.48. The zero-order chi connectivity index (χ0) is 23.9. The second-order valence-corrected chi connectivity index (χ2v) is 11.3. The van der Waals surface area contributed by atoms with Crippen LogP contribution in [0.5, 0.6) is 0 Å². The van der Waals surface area contributed by atoms with E-state index in [1.54, 1.807) is 0 Å². The van der Waals surface area contributed by atoms with E-state index in [0.29, 0.717) is 30.6 Å². The fourth-order valence-electron chi connectivity index (χ4n) is 5.87. The molecule has 5 nitrogen and oxygen atoms in total. The average molecular weight is 463 g/mol. The average Bonchev–Trinajstić information content (AvgIpc) is 3.47. The van der Waals surface area contributed by atoms with Crippen LogP contribution < -0.4 is 5.32 Å². The summed E-state index contributed by atoms with van der Waals surface area (Å²) in [5, 5.41) is 3.17. The van der Waals surface area contributed by atoms with E-state index in [2.05, 4.69) is 54.9 Å². The maximum absolute atomic E-state index is 13.3. The van der Waals surface area contributed by atoms with Crippen LogP contribution in [0.25, 0.3) is 11.3 Å². The highest BCUT2D eigenvalue weighted by atomic mass is 16.5. The van der Waals surface area contributed by atoms with Crippen LogP contribution in [0, 0.1) is 19.8 Å². The van der Waals surface area contributed by atoms with Crippen molar-refractivity contribution in [3.8, 4) is 11.3 Å². The summed E-state index contributed by atoms with van der Waals surface area (Å²) in [5.41, 5.74) is 7.23. The molecule has 3 aliphatic rings. The van der Waals surface area contributed by atoms with Gasteiger partial charge in [-0.15, -0.1) is 0 Å².